The topological polar surface area (TPSA) is 55.3 Å². The maximum absolute atomic E-state index is 13.7. The van der Waals surface area contributed by atoms with Crippen LogP contribution in [-0.2, 0) is 30.2 Å². The Morgan fingerprint density at radius 3 is 2.15 bits per heavy atom. The van der Waals surface area contributed by atoms with E-state index in [1.54, 1.807) is 17.0 Å². The molecule has 0 unspecified atom stereocenters. The summed E-state index contributed by atoms with van der Waals surface area (Å²) in [6.07, 6.45) is -6.88. The number of aryl methyl sites for hydroxylation is 2. The molecule has 0 aliphatic rings. The molecule has 2 aromatic heterocycles. The lowest BCUT2D eigenvalue weighted by Crippen LogP contribution is -2.24. The highest BCUT2D eigenvalue weighted by atomic mass is 19.4. The fourth-order valence-corrected chi connectivity index (χ4v) is 4.98. The number of carbonyl (C=O) groups excluding carboxylic acids is 1. The number of ether oxygens (including phenoxy) is 1. The molecule has 0 aliphatic heterocycles. The zero-order chi connectivity index (χ0) is 33.6. The van der Waals surface area contributed by atoms with Crippen LogP contribution in [0.1, 0.15) is 71.7 Å². The van der Waals surface area contributed by atoms with Crippen molar-refractivity contribution in [2.75, 3.05) is 11.5 Å². The van der Waals surface area contributed by atoms with Gasteiger partial charge in [-0.05, 0) is 79.3 Å². The summed E-state index contributed by atoms with van der Waals surface area (Å²) in [6, 6.07) is 14.6. The highest BCUT2D eigenvalue weighted by molar-refractivity contribution is 5.68. The summed E-state index contributed by atoms with van der Waals surface area (Å²) in [6.45, 7) is 7.99. The molecule has 5 nitrogen and oxygen atoms in total. The molecule has 11 heteroatoms. The van der Waals surface area contributed by atoms with Crippen molar-refractivity contribution in [2.45, 2.75) is 71.9 Å². The Morgan fingerprint density at radius 1 is 0.870 bits per heavy atom. The smallest absolute Gasteiger partial charge is 0.416 e. The van der Waals surface area contributed by atoms with Crippen LogP contribution in [0.5, 0.6) is 5.75 Å². The highest BCUT2D eigenvalue weighted by Crippen LogP contribution is 2.37. The van der Waals surface area contributed by atoms with E-state index in [0.717, 1.165) is 52.1 Å². The number of pyridine rings is 2. The lowest BCUT2D eigenvalue weighted by Gasteiger charge is -2.27. The number of alkyl halides is 6. The molecule has 0 saturated heterocycles. The molecule has 0 saturated carbocycles. The monoisotopic (exact) mass is 643 g/mol. The predicted molar refractivity (Wildman–Crippen MR) is 165 cm³/mol. The molecule has 0 amide bonds. The number of nitrogens with zero attached hydrogens (tertiary/aromatic N) is 3. The molecule has 2 aromatic carbocycles. The van der Waals surface area contributed by atoms with Crippen LogP contribution in [-0.4, -0.2) is 22.9 Å². The number of unbranched alkanes of at least 4 members (excludes halogenated alkanes) is 1. The van der Waals surface area contributed by atoms with Crippen molar-refractivity contribution >= 4 is 12.1 Å². The molecule has 0 fully saturated rings. The molecule has 0 atom stereocenters. The number of hydrogen-bond donors (Lipinski definition) is 0. The number of aldehydes is 1. The van der Waals surface area contributed by atoms with Crippen molar-refractivity contribution in [3.63, 3.8) is 0 Å². The molecular formula is C35H35F6N3O2. The number of benzene rings is 2. The molecular weight excluding hydrogens is 608 g/mol. The van der Waals surface area contributed by atoms with E-state index in [-0.39, 0.29) is 37.2 Å². The van der Waals surface area contributed by atoms with E-state index < -0.39 is 23.5 Å². The van der Waals surface area contributed by atoms with E-state index >= 15 is 0 Å². The van der Waals surface area contributed by atoms with Gasteiger partial charge in [0.05, 0.1) is 29.6 Å². The van der Waals surface area contributed by atoms with Crippen LogP contribution < -0.4 is 9.64 Å². The molecule has 2 heterocycles. The van der Waals surface area contributed by atoms with Gasteiger partial charge in [0.15, 0.2) is 0 Å². The summed E-state index contributed by atoms with van der Waals surface area (Å²) in [4.78, 5) is 21.6. The van der Waals surface area contributed by atoms with Crippen LogP contribution in [0.15, 0.2) is 66.9 Å². The number of rotatable bonds is 12. The molecule has 244 valence electrons. The first-order valence-electron chi connectivity index (χ1n) is 14.8. The Morgan fingerprint density at radius 2 is 1.57 bits per heavy atom. The maximum Gasteiger partial charge on any atom is 0.416 e. The van der Waals surface area contributed by atoms with E-state index in [2.05, 4.69) is 4.98 Å². The van der Waals surface area contributed by atoms with Gasteiger partial charge in [0.1, 0.15) is 17.9 Å². The number of hydrogen-bond acceptors (Lipinski definition) is 5. The molecule has 0 radical (unpaired) electrons. The van der Waals surface area contributed by atoms with Gasteiger partial charge < -0.3 is 14.4 Å². The second-order valence-corrected chi connectivity index (χ2v) is 11.5. The fourth-order valence-electron chi connectivity index (χ4n) is 4.98. The Kier molecular flexibility index (Phi) is 10.7. The standard InChI is InChI=1S/C35H35F6N3O2/c1-22(2)31-11-8-24(4)33(43-31)30-10-7-23(3)15-26(30)21-44(32-12-9-29(19-42-32)46-14-6-5-13-45)20-25-16-27(34(36,37)38)18-28(17-25)35(39,40)41/h7-13,15-19,22H,5-6,14,20-21H2,1-4H3. The van der Waals surface area contributed by atoms with Crippen molar-refractivity contribution < 1.29 is 35.9 Å². The molecule has 46 heavy (non-hydrogen) atoms. The second kappa shape index (κ2) is 14.3. The summed E-state index contributed by atoms with van der Waals surface area (Å²) in [5, 5.41) is 0. The third-order valence-electron chi connectivity index (χ3n) is 7.39. The van der Waals surface area contributed by atoms with Gasteiger partial charge in [0.25, 0.3) is 0 Å². The van der Waals surface area contributed by atoms with Gasteiger partial charge in [-0.25, -0.2) is 4.98 Å². The summed E-state index contributed by atoms with van der Waals surface area (Å²) in [5.74, 6) is 0.894. The first kappa shape index (κ1) is 34.5. The van der Waals surface area contributed by atoms with Gasteiger partial charge in [0.2, 0.25) is 0 Å². The quantitative estimate of drug-likeness (QED) is 0.0875. The molecule has 0 spiro atoms. The zero-order valence-corrected chi connectivity index (χ0v) is 26.0. The third-order valence-corrected chi connectivity index (χ3v) is 7.39. The number of anilines is 1. The van der Waals surface area contributed by atoms with E-state index in [1.807, 2.05) is 58.0 Å². The lowest BCUT2D eigenvalue weighted by atomic mass is 9.96. The van der Waals surface area contributed by atoms with Gasteiger partial charge in [-0.1, -0.05) is 43.7 Å². The second-order valence-electron chi connectivity index (χ2n) is 11.5. The Bertz CT molecular complexity index is 1620. The Hall–Kier alpha value is -4.41. The first-order valence-corrected chi connectivity index (χ1v) is 14.8. The molecule has 0 N–H and O–H groups in total. The van der Waals surface area contributed by atoms with Crippen LogP contribution in [0.3, 0.4) is 0 Å². The average molecular weight is 644 g/mol. The van der Waals surface area contributed by atoms with E-state index in [9.17, 15) is 31.1 Å². The van der Waals surface area contributed by atoms with Gasteiger partial charge in [0, 0.05) is 30.8 Å². The maximum atomic E-state index is 13.7. The highest BCUT2D eigenvalue weighted by Gasteiger charge is 2.37. The van der Waals surface area contributed by atoms with E-state index in [0.29, 0.717) is 24.4 Å². The van der Waals surface area contributed by atoms with Crippen molar-refractivity contribution in [3.8, 4) is 17.0 Å². The Labute approximate surface area is 264 Å². The SMILES string of the molecule is Cc1ccc(-c2nc(C(C)C)ccc2C)c(CN(Cc2cc(C(F)(F)F)cc(C(F)(F)F)c2)c2ccc(OCCCC=O)cn2)c1. The van der Waals surface area contributed by atoms with E-state index in [4.69, 9.17) is 9.72 Å². The van der Waals surface area contributed by atoms with Crippen molar-refractivity contribution in [1.29, 1.82) is 0 Å². The van der Waals surface area contributed by atoms with Gasteiger partial charge in [-0.15, -0.1) is 0 Å². The minimum atomic E-state index is -4.98. The summed E-state index contributed by atoms with van der Waals surface area (Å²) < 4.78 is 87.9. The van der Waals surface area contributed by atoms with E-state index in [1.165, 1.54) is 6.20 Å². The minimum Gasteiger partial charge on any atom is -0.492 e. The first-order chi connectivity index (χ1) is 21.7. The number of aromatic nitrogens is 2. The van der Waals surface area contributed by atoms with Crippen LogP contribution in [0.25, 0.3) is 11.3 Å². The average Bonchev–Trinajstić information content (AvgIpc) is 2.99. The van der Waals surface area contributed by atoms with Crippen LogP contribution in [0.2, 0.25) is 0 Å². The minimum absolute atomic E-state index is 0.105. The zero-order valence-electron chi connectivity index (χ0n) is 26.0. The van der Waals surface area contributed by atoms with Crippen molar-refractivity contribution in [3.05, 3.63) is 106 Å². The van der Waals surface area contributed by atoms with Crippen LogP contribution in [0.4, 0.5) is 32.2 Å². The van der Waals surface area contributed by atoms with Gasteiger partial charge in [-0.2, -0.15) is 26.3 Å². The molecule has 4 rings (SSSR count). The fraction of sp³-hybridized carbons (Fsp3) is 0.343. The molecule has 0 aliphatic carbocycles. The summed E-state index contributed by atoms with van der Waals surface area (Å²) in [7, 11) is 0. The van der Waals surface area contributed by atoms with Gasteiger partial charge in [-0.3, -0.25) is 4.98 Å². The number of carbonyl (C=O) groups is 1. The molecule has 0 bridgehead atoms. The predicted octanol–water partition coefficient (Wildman–Crippen LogP) is 9.49. The third kappa shape index (κ3) is 8.86. The van der Waals surface area contributed by atoms with Crippen LogP contribution >= 0.6 is 0 Å². The summed E-state index contributed by atoms with van der Waals surface area (Å²) >= 11 is 0. The lowest BCUT2D eigenvalue weighted by molar-refractivity contribution is -0.143. The molecule has 4 aromatic rings. The van der Waals surface area contributed by atoms with Crippen molar-refractivity contribution in [1.82, 2.24) is 9.97 Å². The van der Waals surface area contributed by atoms with Gasteiger partial charge >= 0.3 is 12.4 Å². The van der Waals surface area contributed by atoms with Crippen LogP contribution in [0, 0.1) is 13.8 Å². The normalized spacial score (nSPS) is 12.0. The van der Waals surface area contributed by atoms with Crippen molar-refractivity contribution in [2.24, 2.45) is 0 Å². The largest absolute Gasteiger partial charge is 0.492 e. The summed E-state index contributed by atoms with van der Waals surface area (Å²) in [5.41, 5.74) is 2.09. The number of halogens is 6. The Balaban J connectivity index is 1.80.